The minimum atomic E-state index is -2.90. The number of pyridine rings is 1. The molecule has 2 aromatic heterocycles. The van der Waals surface area contributed by atoms with Crippen LogP contribution in [0.2, 0.25) is 0 Å². The first-order valence-corrected chi connectivity index (χ1v) is 5.64. The van der Waals surface area contributed by atoms with Gasteiger partial charge in [0.15, 0.2) is 0 Å². The van der Waals surface area contributed by atoms with Crippen molar-refractivity contribution in [2.24, 2.45) is 0 Å². The number of aromatic nitrogens is 3. The molecule has 110 valence electrons. The zero-order chi connectivity index (χ0) is 15.2. The lowest BCUT2D eigenvalue weighted by molar-refractivity contribution is -0.385. The predicted octanol–water partition coefficient (Wildman–Crippen LogP) is 1.99. The zero-order valence-corrected chi connectivity index (χ0v) is 10.4. The van der Waals surface area contributed by atoms with Crippen molar-refractivity contribution in [3.63, 3.8) is 0 Å². The van der Waals surface area contributed by atoms with Gasteiger partial charge in [-0.05, 0) is 12.1 Å². The molecule has 0 amide bonds. The molecular formula is C11H9F2N5O3. The van der Waals surface area contributed by atoms with Crippen molar-refractivity contribution in [2.45, 2.75) is 13.2 Å². The molecule has 0 aliphatic heterocycles. The second-order valence-electron chi connectivity index (χ2n) is 3.74. The fourth-order valence-corrected chi connectivity index (χ4v) is 1.36. The first kappa shape index (κ1) is 14.5. The second kappa shape index (κ2) is 6.50. The van der Waals surface area contributed by atoms with E-state index in [9.17, 15) is 18.9 Å². The van der Waals surface area contributed by atoms with E-state index in [-0.39, 0.29) is 23.9 Å². The maximum atomic E-state index is 12.0. The number of hydrogen-bond donors (Lipinski definition) is 1. The third-order valence-corrected chi connectivity index (χ3v) is 2.30. The summed E-state index contributed by atoms with van der Waals surface area (Å²) in [5, 5.41) is 13.2. The Labute approximate surface area is 117 Å². The highest BCUT2D eigenvalue weighted by Crippen LogP contribution is 2.13. The lowest BCUT2D eigenvalue weighted by atomic mass is 10.3. The van der Waals surface area contributed by atoms with Crippen LogP contribution in [0, 0.1) is 10.1 Å². The topological polar surface area (TPSA) is 103 Å². The molecule has 21 heavy (non-hydrogen) atoms. The van der Waals surface area contributed by atoms with Gasteiger partial charge in [0.1, 0.15) is 18.1 Å². The number of nitrogens with zero attached hydrogens (tertiary/aromatic N) is 4. The summed E-state index contributed by atoms with van der Waals surface area (Å²) in [6.45, 7) is -2.67. The van der Waals surface area contributed by atoms with E-state index in [1.54, 1.807) is 0 Å². The van der Waals surface area contributed by atoms with Crippen molar-refractivity contribution >= 4 is 11.6 Å². The van der Waals surface area contributed by atoms with Crippen LogP contribution in [0.25, 0.3) is 0 Å². The van der Waals surface area contributed by atoms with Gasteiger partial charge in [-0.25, -0.2) is 9.97 Å². The number of ether oxygens (including phenoxy) is 1. The average molecular weight is 297 g/mol. The Kier molecular flexibility index (Phi) is 4.49. The van der Waals surface area contributed by atoms with Crippen LogP contribution in [0.1, 0.15) is 5.69 Å². The van der Waals surface area contributed by atoms with Crippen molar-refractivity contribution in [3.05, 3.63) is 46.5 Å². The molecule has 0 aliphatic carbocycles. The first-order valence-electron chi connectivity index (χ1n) is 5.64. The third-order valence-electron chi connectivity index (χ3n) is 2.30. The summed E-state index contributed by atoms with van der Waals surface area (Å²) in [4.78, 5) is 21.2. The van der Waals surface area contributed by atoms with E-state index in [1.807, 2.05) is 0 Å². The molecule has 0 spiro atoms. The van der Waals surface area contributed by atoms with Gasteiger partial charge in [0.05, 0.1) is 23.4 Å². The van der Waals surface area contributed by atoms with Crippen LogP contribution in [-0.4, -0.2) is 26.5 Å². The number of halogens is 2. The van der Waals surface area contributed by atoms with Crippen LogP contribution in [0.4, 0.5) is 20.4 Å². The Balaban J connectivity index is 1.91. The van der Waals surface area contributed by atoms with Gasteiger partial charge in [-0.3, -0.25) is 15.1 Å². The number of hydrogen-bond acceptors (Lipinski definition) is 7. The molecule has 0 atom stereocenters. The largest absolute Gasteiger partial charge is 0.433 e. The molecule has 0 saturated heterocycles. The van der Waals surface area contributed by atoms with Crippen LogP contribution < -0.4 is 10.1 Å². The van der Waals surface area contributed by atoms with Crippen LogP contribution >= 0.6 is 0 Å². The van der Waals surface area contributed by atoms with Crippen molar-refractivity contribution in [1.29, 1.82) is 0 Å². The summed E-state index contributed by atoms with van der Waals surface area (Å²) in [7, 11) is 0. The summed E-state index contributed by atoms with van der Waals surface area (Å²) in [6.07, 6.45) is 3.31. The second-order valence-corrected chi connectivity index (χ2v) is 3.74. The Morgan fingerprint density at radius 3 is 2.48 bits per heavy atom. The minimum Gasteiger partial charge on any atom is -0.433 e. The van der Waals surface area contributed by atoms with Crippen LogP contribution in [0.15, 0.2) is 30.7 Å². The number of rotatable bonds is 6. The van der Waals surface area contributed by atoms with E-state index in [0.717, 1.165) is 12.4 Å². The van der Waals surface area contributed by atoms with Crippen LogP contribution in [0.5, 0.6) is 5.75 Å². The van der Waals surface area contributed by atoms with Gasteiger partial charge in [0.2, 0.25) is 5.95 Å². The van der Waals surface area contributed by atoms with Crippen LogP contribution in [-0.2, 0) is 6.54 Å². The lowest BCUT2D eigenvalue weighted by Crippen LogP contribution is -2.06. The molecule has 0 aliphatic rings. The van der Waals surface area contributed by atoms with Gasteiger partial charge in [0, 0.05) is 0 Å². The Morgan fingerprint density at radius 2 is 1.95 bits per heavy atom. The highest BCUT2D eigenvalue weighted by atomic mass is 19.3. The lowest BCUT2D eigenvalue weighted by Gasteiger charge is -2.06. The summed E-state index contributed by atoms with van der Waals surface area (Å²) in [6, 6.07) is 2.85. The van der Waals surface area contributed by atoms with Crippen LogP contribution in [0.3, 0.4) is 0 Å². The van der Waals surface area contributed by atoms with E-state index < -0.39 is 11.5 Å². The number of nitro groups is 1. The Morgan fingerprint density at radius 1 is 1.24 bits per heavy atom. The predicted molar refractivity (Wildman–Crippen MR) is 66.9 cm³/mol. The smallest absolute Gasteiger partial charge is 0.387 e. The van der Waals surface area contributed by atoms with Gasteiger partial charge in [0.25, 0.3) is 0 Å². The van der Waals surface area contributed by atoms with Crippen molar-refractivity contribution < 1.29 is 18.4 Å². The van der Waals surface area contributed by atoms with Gasteiger partial charge in [-0.2, -0.15) is 8.78 Å². The first-order chi connectivity index (χ1) is 10.0. The van der Waals surface area contributed by atoms with Crippen molar-refractivity contribution in [3.8, 4) is 5.75 Å². The van der Waals surface area contributed by atoms with Gasteiger partial charge in [-0.15, -0.1) is 0 Å². The molecular weight excluding hydrogens is 288 g/mol. The normalized spacial score (nSPS) is 10.4. The number of alkyl halides is 2. The molecule has 0 aromatic carbocycles. The van der Waals surface area contributed by atoms with E-state index >= 15 is 0 Å². The van der Waals surface area contributed by atoms with Gasteiger partial charge >= 0.3 is 12.3 Å². The van der Waals surface area contributed by atoms with E-state index in [4.69, 9.17) is 0 Å². The molecule has 0 radical (unpaired) electrons. The van der Waals surface area contributed by atoms with Crippen molar-refractivity contribution in [2.75, 3.05) is 5.32 Å². The molecule has 2 aromatic rings. The van der Waals surface area contributed by atoms with Gasteiger partial charge < -0.3 is 10.1 Å². The minimum absolute atomic E-state index is 0.0414. The molecule has 2 rings (SSSR count). The zero-order valence-electron chi connectivity index (χ0n) is 10.4. The quantitative estimate of drug-likeness (QED) is 0.642. The third kappa shape index (κ3) is 4.30. The molecule has 0 saturated carbocycles. The fourth-order valence-electron chi connectivity index (χ4n) is 1.36. The maximum absolute atomic E-state index is 12.0. The molecule has 2 heterocycles. The highest BCUT2D eigenvalue weighted by molar-refractivity contribution is 5.31. The molecule has 0 unspecified atom stereocenters. The maximum Gasteiger partial charge on any atom is 0.387 e. The van der Waals surface area contributed by atoms with E-state index in [2.05, 4.69) is 25.0 Å². The monoisotopic (exact) mass is 297 g/mol. The summed E-state index contributed by atoms with van der Waals surface area (Å²) in [5.74, 6) is 0.149. The Hall–Kier alpha value is -2.91. The van der Waals surface area contributed by atoms with Gasteiger partial charge in [-0.1, -0.05) is 0 Å². The number of nitrogens with one attached hydrogen (secondary N) is 1. The average Bonchev–Trinajstić information content (AvgIpc) is 2.46. The van der Waals surface area contributed by atoms with E-state index in [0.29, 0.717) is 5.69 Å². The molecule has 0 fully saturated rings. The number of anilines is 1. The summed E-state index contributed by atoms with van der Waals surface area (Å²) < 4.78 is 28.1. The summed E-state index contributed by atoms with van der Waals surface area (Å²) in [5.41, 5.74) is 0.325. The molecule has 8 nitrogen and oxygen atoms in total. The molecule has 0 bridgehead atoms. The standard InChI is InChI=1S/C11H9F2N5O3/c12-10(13)21-9-2-1-7(14-6-9)3-15-11-16-4-8(5-17-11)18(19)20/h1-2,4-6,10H,3H2,(H,15,16,17). The van der Waals surface area contributed by atoms with Crippen molar-refractivity contribution in [1.82, 2.24) is 15.0 Å². The molecule has 1 N–H and O–H groups in total. The summed E-state index contributed by atoms with van der Waals surface area (Å²) >= 11 is 0. The highest BCUT2D eigenvalue weighted by Gasteiger charge is 2.07. The van der Waals surface area contributed by atoms with E-state index in [1.165, 1.54) is 18.3 Å². The molecule has 10 heteroatoms. The SMILES string of the molecule is O=[N+]([O-])c1cnc(NCc2ccc(OC(F)F)cn2)nc1. The fraction of sp³-hybridized carbons (Fsp3) is 0.182. The Bertz CT molecular complexity index is 606.